The van der Waals surface area contributed by atoms with Crippen molar-refractivity contribution in [3.63, 3.8) is 0 Å². The minimum atomic E-state index is -0.818. The molecule has 1 aliphatic heterocycles. The van der Waals surface area contributed by atoms with Gasteiger partial charge in [0, 0.05) is 55.0 Å². The van der Waals surface area contributed by atoms with Gasteiger partial charge in [-0.3, -0.25) is 4.79 Å². The van der Waals surface area contributed by atoms with Gasteiger partial charge in [0.1, 0.15) is 0 Å². The van der Waals surface area contributed by atoms with Gasteiger partial charge in [0.05, 0.1) is 11.3 Å². The molecule has 7 nitrogen and oxygen atoms in total. The number of rotatable bonds is 2. The van der Waals surface area contributed by atoms with Crippen LogP contribution in [0.2, 0.25) is 0 Å². The number of benzene rings is 1. The van der Waals surface area contributed by atoms with Crippen LogP contribution in [0.3, 0.4) is 0 Å². The van der Waals surface area contributed by atoms with Crippen molar-refractivity contribution in [1.29, 1.82) is 0 Å². The van der Waals surface area contributed by atoms with Crippen LogP contribution in [-0.4, -0.2) is 53.7 Å². The highest BCUT2D eigenvalue weighted by Gasteiger charge is 2.16. The average Bonchev–Trinajstić information content (AvgIpc) is 3.05. The van der Waals surface area contributed by atoms with Crippen LogP contribution in [0.25, 0.3) is 22.2 Å². The van der Waals surface area contributed by atoms with Crippen molar-refractivity contribution in [1.82, 2.24) is 14.5 Å². The van der Waals surface area contributed by atoms with E-state index >= 15 is 0 Å². The minimum absolute atomic E-state index is 0.364. The molecule has 0 spiro atoms. The minimum Gasteiger partial charge on any atom is -0.369 e. The molecule has 7 heteroatoms. The van der Waals surface area contributed by atoms with Crippen molar-refractivity contribution in [3.05, 3.63) is 52.9 Å². The van der Waals surface area contributed by atoms with Crippen molar-refractivity contribution >= 4 is 22.6 Å². The van der Waals surface area contributed by atoms with Gasteiger partial charge in [-0.2, -0.15) is 0 Å². The Morgan fingerprint density at radius 3 is 2.69 bits per heavy atom. The van der Waals surface area contributed by atoms with E-state index in [1.807, 2.05) is 12.1 Å². The largest absolute Gasteiger partial charge is 0.369 e. The number of piperazine rings is 1. The normalized spacial score (nSPS) is 15.5. The summed E-state index contributed by atoms with van der Waals surface area (Å²) in [6.45, 7) is 4.08. The molecule has 133 valence electrons. The van der Waals surface area contributed by atoms with E-state index in [1.165, 1.54) is 11.9 Å². The molecule has 4 rings (SSSR count). The number of hydrogen-bond donors (Lipinski definition) is 2. The van der Waals surface area contributed by atoms with Crippen LogP contribution < -0.4 is 16.2 Å². The molecule has 3 N–H and O–H groups in total. The summed E-state index contributed by atoms with van der Waals surface area (Å²) in [5, 5.41) is 1.02. The molecule has 0 saturated carbocycles. The summed E-state index contributed by atoms with van der Waals surface area (Å²) in [4.78, 5) is 31.7. The number of nitrogens with two attached hydrogens (primary N) is 1. The van der Waals surface area contributed by atoms with Crippen LogP contribution in [0.1, 0.15) is 0 Å². The Morgan fingerprint density at radius 2 is 1.96 bits per heavy atom. The number of nitrogens with one attached hydrogen (secondary N) is 1. The molecule has 26 heavy (non-hydrogen) atoms. The maximum absolute atomic E-state index is 12.4. The molecule has 1 amide bonds. The fourth-order valence-corrected chi connectivity index (χ4v) is 3.33. The first-order chi connectivity index (χ1) is 12.5. The summed E-state index contributed by atoms with van der Waals surface area (Å²) < 4.78 is 0.858. The van der Waals surface area contributed by atoms with Gasteiger partial charge in [0.2, 0.25) is 0 Å². The third kappa shape index (κ3) is 2.86. The number of nitrogens with zero attached hydrogens (tertiary/aromatic N) is 3. The first kappa shape index (κ1) is 16.4. The smallest absolute Gasteiger partial charge is 0.325 e. The quantitative estimate of drug-likeness (QED) is 0.733. The lowest BCUT2D eigenvalue weighted by Gasteiger charge is -2.34. The van der Waals surface area contributed by atoms with E-state index in [2.05, 4.69) is 40.0 Å². The number of aromatic amines is 1. The van der Waals surface area contributed by atoms with Crippen LogP contribution in [0.4, 0.5) is 10.5 Å². The molecule has 1 fully saturated rings. The van der Waals surface area contributed by atoms with E-state index in [4.69, 9.17) is 5.73 Å². The Balaban J connectivity index is 1.72. The SMILES string of the molecule is CN1CCN(c2ccc3[nH]c(-c4c[c]cn(C(N)=O)c4=O)cc3c2)CC1. The highest BCUT2D eigenvalue weighted by molar-refractivity contribution is 5.88. The molecule has 3 aromatic rings. The molecule has 1 aliphatic rings. The summed E-state index contributed by atoms with van der Waals surface area (Å²) in [6.07, 6.45) is 1.25. The number of carbonyl (C=O) groups excluding carboxylic acids is 1. The lowest BCUT2D eigenvalue weighted by molar-refractivity contribution is 0.249. The summed E-state index contributed by atoms with van der Waals surface area (Å²) >= 11 is 0. The summed E-state index contributed by atoms with van der Waals surface area (Å²) in [6, 6.07) is 11.7. The average molecular weight is 350 g/mol. The van der Waals surface area contributed by atoms with E-state index in [0.29, 0.717) is 11.3 Å². The van der Waals surface area contributed by atoms with E-state index in [9.17, 15) is 9.59 Å². The Morgan fingerprint density at radius 1 is 1.19 bits per heavy atom. The summed E-state index contributed by atoms with van der Waals surface area (Å²) in [7, 11) is 2.13. The number of primary amides is 1. The predicted molar refractivity (Wildman–Crippen MR) is 102 cm³/mol. The molecule has 0 bridgehead atoms. The zero-order valence-electron chi connectivity index (χ0n) is 14.5. The zero-order chi connectivity index (χ0) is 18.3. The monoisotopic (exact) mass is 350 g/mol. The lowest BCUT2D eigenvalue weighted by atomic mass is 10.1. The van der Waals surface area contributed by atoms with Gasteiger partial charge in [-0.25, -0.2) is 9.36 Å². The number of hydrogen-bond acceptors (Lipinski definition) is 4. The topological polar surface area (TPSA) is 87.4 Å². The molecule has 3 heterocycles. The number of amides is 1. The Hall–Kier alpha value is -3.06. The number of pyridine rings is 1. The van der Waals surface area contributed by atoms with Gasteiger partial charge >= 0.3 is 6.03 Å². The van der Waals surface area contributed by atoms with Crippen LogP contribution in [0.5, 0.6) is 0 Å². The van der Waals surface area contributed by atoms with Gasteiger partial charge in [-0.1, -0.05) is 0 Å². The standard InChI is InChI=1S/C19H20N5O2/c1-22-7-9-23(10-8-22)14-4-5-16-13(11-14)12-17(21-16)15-3-2-6-24(18(15)25)19(20)26/h3-6,11-12,21H,7-10H2,1H3,(H2,20,26). The van der Waals surface area contributed by atoms with Gasteiger partial charge in [-0.15, -0.1) is 0 Å². The molecule has 0 aliphatic carbocycles. The molecule has 1 aromatic carbocycles. The van der Waals surface area contributed by atoms with Gasteiger partial charge in [0.15, 0.2) is 0 Å². The Bertz CT molecular complexity index is 1030. The fourth-order valence-electron chi connectivity index (χ4n) is 3.33. The van der Waals surface area contributed by atoms with Crippen molar-refractivity contribution in [2.45, 2.75) is 0 Å². The van der Waals surface area contributed by atoms with Crippen LogP contribution in [0, 0.1) is 6.07 Å². The number of carbonyl (C=O) groups is 1. The Kier molecular flexibility index (Phi) is 4.00. The van der Waals surface area contributed by atoms with E-state index in [1.54, 1.807) is 6.07 Å². The highest BCUT2D eigenvalue weighted by Crippen LogP contribution is 2.26. The lowest BCUT2D eigenvalue weighted by Crippen LogP contribution is -2.44. The van der Waals surface area contributed by atoms with Crippen molar-refractivity contribution < 1.29 is 4.79 Å². The van der Waals surface area contributed by atoms with Crippen LogP contribution in [-0.2, 0) is 0 Å². The van der Waals surface area contributed by atoms with Crippen LogP contribution >= 0.6 is 0 Å². The van der Waals surface area contributed by atoms with Gasteiger partial charge < -0.3 is 20.5 Å². The summed E-state index contributed by atoms with van der Waals surface area (Å²) in [5.41, 5.74) is 7.90. The molecular weight excluding hydrogens is 330 g/mol. The number of anilines is 1. The van der Waals surface area contributed by atoms with E-state index < -0.39 is 11.6 Å². The maximum atomic E-state index is 12.4. The number of fused-ring (bicyclic) bond motifs is 1. The number of likely N-dealkylation sites (N-methyl/N-ethyl adjacent to an activating group) is 1. The zero-order valence-corrected chi connectivity index (χ0v) is 14.5. The molecule has 1 saturated heterocycles. The highest BCUT2D eigenvalue weighted by atomic mass is 16.2. The Labute approximate surface area is 150 Å². The molecule has 1 radical (unpaired) electrons. The maximum Gasteiger partial charge on any atom is 0.325 e. The van der Waals surface area contributed by atoms with E-state index in [0.717, 1.165) is 41.6 Å². The third-order valence-corrected chi connectivity index (χ3v) is 4.88. The number of aromatic nitrogens is 2. The molecular formula is C19H20N5O2. The molecule has 0 atom stereocenters. The van der Waals surface area contributed by atoms with Crippen LogP contribution in [0.15, 0.2) is 41.3 Å². The predicted octanol–water partition coefficient (Wildman–Crippen LogP) is 1.48. The second-order valence-electron chi connectivity index (χ2n) is 6.61. The van der Waals surface area contributed by atoms with Crippen molar-refractivity contribution in [2.24, 2.45) is 5.73 Å². The molecule has 0 unspecified atom stereocenters. The first-order valence-electron chi connectivity index (χ1n) is 8.52. The first-order valence-corrected chi connectivity index (χ1v) is 8.52. The second-order valence-corrected chi connectivity index (χ2v) is 6.61. The number of H-pyrrole nitrogens is 1. The fraction of sp³-hybridized carbons (Fsp3) is 0.263. The van der Waals surface area contributed by atoms with Crippen molar-refractivity contribution in [2.75, 3.05) is 38.1 Å². The summed E-state index contributed by atoms with van der Waals surface area (Å²) in [5.74, 6) is 0. The second kappa shape index (κ2) is 6.34. The van der Waals surface area contributed by atoms with Gasteiger partial charge in [0.25, 0.3) is 5.56 Å². The van der Waals surface area contributed by atoms with Gasteiger partial charge in [-0.05, 0) is 37.4 Å². The van der Waals surface area contributed by atoms with Crippen molar-refractivity contribution in [3.8, 4) is 11.3 Å². The van der Waals surface area contributed by atoms with E-state index in [-0.39, 0.29) is 0 Å². The third-order valence-electron chi connectivity index (χ3n) is 4.88. The molecule has 2 aromatic heterocycles.